The predicted octanol–water partition coefficient (Wildman–Crippen LogP) is 1.30. The molecule has 1 aromatic rings. The number of benzene rings is 1. The van der Waals surface area contributed by atoms with Gasteiger partial charge in [0.1, 0.15) is 5.75 Å². The van der Waals surface area contributed by atoms with E-state index in [4.69, 9.17) is 9.84 Å². The lowest BCUT2D eigenvalue weighted by Gasteiger charge is -2.34. The molecule has 1 aliphatic rings. The van der Waals surface area contributed by atoms with Crippen LogP contribution in [0.2, 0.25) is 0 Å². The average Bonchev–Trinajstić information content (AvgIpc) is 2.34. The van der Waals surface area contributed by atoms with Crippen LogP contribution in [0.15, 0.2) is 30.3 Å². The molecule has 1 aliphatic heterocycles. The average molecular weight is 247 g/mol. The van der Waals surface area contributed by atoms with E-state index in [0.29, 0.717) is 19.7 Å². The molecule has 0 radical (unpaired) electrons. The van der Waals surface area contributed by atoms with E-state index in [2.05, 4.69) is 0 Å². The molecule has 0 atom stereocenters. The van der Waals surface area contributed by atoms with Crippen LogP contribution in [0.5, 0.6) is 5.75 Å². The van der Waals surface area contributed by atoms with Gasteiger partial charge in [0.2, 0.25) is 5.91 Å². The first-order valence-corrected chi connectivity index (χ1v) is 6.07. The minimum atomic E-state index is -0.363. The molecular weight excluding hydrogens is 230 g/mol. The summed E-state index contributed by atoms with van der Waals surface area (Å²) in [6.07, 6.45) is 2.90. The number of rotatable bonds is 4. The van der Waals surface area contributed by atoms with Crippen molar-refractivity contribution in [3.05, 3.63) is 35.9 Å². The summed E-state index contributed by atoms with van der Waals surface area (Å²) in [6.45, 7) is 3.37. The van der Waals surface area contributed by atoms with Crippen LogP contribution >= 0.6 is 0 Å². The van der Waals surface area contributed by atoms with E-state index < -0.39 is 0 Å². The first kappa shape index (κ1) is 12.6. The highest BCUT2D eigenvalue weighted by Crippen LogP contribution is 2.19. The summed E-state index contributed by atoms with van der Waals surface area (Å²) in [5, 5.41) is 9.13. The van der Waals surface area contributed by atoms with Crippen molar-refractivity contribution in [1.82, 2.24) is 4.90 Å². The van der Waals surface area contributed by atoms with E-state index in [0.717, 1.165) is 11.3 Å². The molecule has 1 saturated heterocycles. The molecule has 0 saturated carbocycles. The number of hydrogen-bond donors (Lipinski definition) is 1. The zero-order valence-electron chi connectivity index (χ0n) is 10.4. The van der Waals surface area contributed by atoms with Gasteiger partial charge < -0.3 is 14.7 Å². The third kappa shape index (κ3) is 2.90. The molecule has 1 amide bonds. The van der Waals surface area contributed by atoms with Crippen molar-refractivity contribution < 1.29 is 14.6 Å². The van der Waals surface area contributed by atoms with Gasteiger partial charge in [-0.25, -0.2) is 0 Å². The number of para-hydroxylation sites is 1. The fourth-order valence-corrected chi connectivity index (χ4v) is 1.81. The van der Waals surface area contributed by atoms with Crippen LogP contribution in [0.25, 0.3) is 6.08 Å². The molecule has 1 heterocycles. The van der Waals surface area contributed by atoms with Crippen molar-refractivity contribution in [3.8, 4) is 5.75 Å². The highest BCUT2D eigenvalue weighted by atomic mass is 16.5. The van der Waals surface area contributed by atoms with Crippen LogP contribution in [0.3, 0.4) is 0 Å². The van der Waals surface area contributed by atoms with Crippen molar-refractivity contribution in [3.63, 3.8) is 0 Å². The number of ether oxygens (including phenoxy) is 1. The summed E-state index contributed by atoms with van der Waals surface area (Å²) in [6, 6.07) is 7.58. The van der Waals surface area contributed by atoms with Crippen LogP contribution in [-0.2, 0) is 4.79 Å². The molecule has 1 fully saturated rings. The normalized spacial score (nSPS) is 15.8. The molecule has 0 spiro atoms. The van der Waals surface area contributed by atoms with Gasteiger partial charge >= 0.3 is 0 Å². The largest absolute Gasteiger partial charge is 0.493 e. The summed E-state index contributed by atoms with van der Waals surface area (Å²) in [4.78, 5) is 13.3. The van der Waals surface area contributed by atoms with Gasteiger partial charge in [-0.2, -0.15) is 0 Å². The third-order valence-corrected chi connectivity index (χ3v) is 2.80. The van der Waals surface area contributed by atoms with Crippen molar-refractivity contribution >= 4 is 12.0 Å². The minimum Gasteiger partial charge on any atom is -0.493 e. The minimum absolute atomic E-state index is 0.0772. The maximum atomic E-state index is 11.7. The zero-order chi connectivity index (χ0) is 13.0. The predicted molar refractivity (Wildman–Crippen MR) is 69.2 cm³/mol. The molecule has 4 nitrogen and oxygen atoms in total. The molecule has 4 heteroatoms. The number of carbonyl (C=O) groups excluding carboxylic acids is 1. The summed E-state index contributed by atoms with van der Waals surface area (Å²) < 4.78 is 5.47. The second-order valence-corrected chi connectivity index (χ2v) is 4.20. The second-order valence-electron chi connectivity index (χ2n) is 4.20. The first-order valence-electron chi connectivity index (χ1n) is 6.07. The lowest BCUT2D eigenvalue weighted by atomic mass is 10.1. The molecule has 1 aromatic carbocycles. The van der Waals surface area contributed by atoms with E-state index >= 15 is 0 Å². The van der Waals surface area contributed by atoms with Crippen LogP contribution in [0.1, 0.15) is 12.5 Å². The fourth-order valence-electron chi connectivity index (χ4n) is 1.81. The summed E-state index contributed by atoms with van der Waals surface area (Å²) in [5.74, 6) is 0.694. The van der Waals surface area contributed by atoms with Gasteiger partial charge in [-0.3, -0.25) is 4.79 Å². The Morgan fingerprint density at radius 1 is 1.50 bits per heavy atom. The number of aliphatic hydroxyl groups excluding tert-OH is 1. The van der Waals surface area contributed by atoms with E-state index in [1.165, 1.54) is 6.08 Å². The number of hydrogen-bond acceptors (Lipinski definition) is 3. The Kier molecular flexibility index (Phi) is 3.99. The first-order chi connectivity index (χ1) is 8.70. The molecule has 0 unspecified atom stereocenters. The van der Waals surface area contributed by atoms with E-state index in [1.807, 2.05) is 31.2 Å². The molecule has 0 bridgehead atoms. The Labute approximate surface area is 106 Å². The second kappa shape index (κ2) is 5.69. The summed E-state index contributed by atoms with van der Waals surface area (Å²) >= 11 is 0. The van der Waals surface area contributed by atoms with Gasteiger partial charge in [-0.15, -0.1) is 0 Å². The fraction of sp³-hybridized carbons (Fsp3) is 0.357. The number of amides is 1. The van der Waals surface area contributed by atoms with Gasteiger partial charge in [0.25, 0.3) is 0 Å². The number of carbonyl (C=O) groups is 1. The van der Waals surface area contributed by atoms with Crippen LogP contribution in [0.4, 0.5) is 0 Å². The maximum Gasteiger partial charge on any atom is 0.246 e. The molecular formula is C14H17NO3. The highest BCUT2D eigenvalue weighted by Gasteiger charge is 2.27. The van der Waals surface area contributed by atoms with Gasteiger partial charge in [0.15, 0.2) is 0 Å². The molecule has 96 valence electrons. The topological polar surface area (TPSA) is 49.8 Å². The van der Waals surface area contributed by atoms with Crippen LogP contribution in [-0.4, -0.2) is 41.7 Å². The molecule has 0 aliphatic carbocycles. The lowest BCUT2D eigenvalue weighted by molar-refractivity contribution is -0.135. The summed E-state index contributed by atoms with van der Waals surface area (Å²) in [7, 11) is 0. The Morgan fingerprint density at radius 2 is 2.22 bits per heavy atom. The third-order valence-electron chi connectivity index (χ3n) is 2.80. The van der Waals surface area contributed by atoms with Crippen molar-refractivity contribution in [1.29, 1.82) is 0 Å². The molecule has 1 N–H and O–H groups in total. The number of β-amino-alcohol motifs (C(OH)–C–C–N with tert-alkyl or cyclic N) is 1. The highest BCUT2D eigenvalue weighted by molar-refractivity contribution is 5.92. The van der Waals surface area contributed by atoms with E-state index in [1.54, 1.807) is 11.0 Å². The lowest BCUT2D eigenvalue weighted by Crippen LogP contribution is -2.52. The van der Waals surface area contributed by atoms with Gasteiger partial charge in [0.05, 0.1) is 12.7 Å². The summed E-state index contributed by atoms with van der Waals surface area (Å²) in [5.41, 5.74) is 0.883. The van der Waals surface area contributed by atoms with Gasteiger partial charge in [-0.05, 0) is 19.1 Å². The molecule has 18 heavy (non-hydrogen) atoms. The van der Waals surface area contributed by atoms with Gasteiger partial charge in [0, 0.05) is 24.7 Å². The quantitative estimate of drug-likeness (QED) is 0.816. The Morgan fingerprint density at radius 3 is 2.89 bits per heavy atom. The van der Waals surface area contributed by atoms with Crippen molar-refractivity contribution in [2.45, 2.75) is 13.0 Å². The van der Waals surface area contributed by atoms with Gasteiger partial charge in [-0.1, -0.05) is 18.2 Å². The van der Waals surface area contributed by atoms with Crippen LogP contribution < -0.4 is 4.74 Å². The maximum absolute atomic E-state index is 11.7. The zero-order valence-corrected chi connectivity index (χ0v) is 10.4. The molecule has 0 aromatic heterocycles. The Hall–Kier alpha value is -1.81. The monoisotopic (exact) mass is 247 g/mol. The number of likely N-dealkylation sites (tertiary alicyclic amines) is 1. The standard InChI is InChI=1S/C14H17NO3/c1-2-18-13-6-4-3-5-11(13)7-8-14(17)15-9-12(16)10-15/h3-8,12,16H,2,9-10H2,1H3. The number of aliphatic hydroxyl groups is 1. The van der Waals surface area contributed by atoms with Crippen molar-refractivity contribution in [2.75, 3.05) is 19.7 Å². The van der Waals surface area contributed by atoms with E-state index in [-0.39, 0.29) is 12.0 Å². The van der Waals surface area contributed by atoms with Crippen LogP contribution in [0, 0.1) is 0 Å². The Balaban J connectivity index is 2.02. The van der Waals surface area contributed by atoms with Crippen molar-refractivity contribution in [2.24, 2.45) is 0 Å². The SMILES string of the molecule is CCOc1ccccc1C=CC(=O)N1CC(O)C1. The van der Waals surface area contributed by atoms with E-state index in [9.17, 15) is 4.79 Å². The smallest absolute Gasteiger partial charge is 0.246 e. The number of nitrogens with zero attached hydrogens (tertiary/aromatic N) is 1. The molecule has 2 rings (SSSR count). The Bertz CT molecular complexity index is 450.